The fourth-order valence-corrected chi connectivity index (χ4v) is 5.03. The van der Waals surface area contributed by atoms with Crippen LogP contribution in [0.5, 0.6) is 0 Å². The number of piperazine rings is 1. The molecule has 4 rings (SSSR count). The van der Waals surface area contributed by atoms with E-state index in [1.165, 1.54) is 17.0 Å². The first-order valence-electron chi connectivity index (χ1n) is 10.3. The molecule has 1 aliphatic rings. The van der Waals surface area contributed by atoms with Crippen LogP contribution in [0.15, 0.2) is 72.1 Å². The van der Waals surface area contributed by atoms with Crippen LogP contribution >= 0.6 is 11.3 Å². The average Bonchev–Trinajstić information content (AvgIpc) is 3.30. The summed E-state index contributed by atoms with van der Waals surface area (Å²) in [5, 5.41) is 5.29. The Morgan fingerprint density at radius 1 is 0.967 bits per heavy atom. The Hall–Kier alpha value is -2.70. The highest BCUT2D eigenvalue weighted by Crippen LogP contribution is 2.30. The van der Waals surface area contributed by atoms with Gasteiger partial charge in [-0.15, -0.1) is 11.3 Å². The summed E-state index contributed by atoms with van der Waals surface area (Å²) >= 11 is 1.73. The van der Waals surface area contributed by atoms with Gasteiger partial charge < -0.3 is 10.2 Å². The summed E-state index contributed by atoms with van der Waals surface area (Å²) in [6.45, 7) is 5.58. The minimum absolute atomic E-state index is 0.0336. The summed E-state index contributed by atoms with van der Waals surface area (Å²) in [6.07, 6.45) is 0. The van der Waals surface area contributed by atoms with E-state index in [0.29, 0.717) is 5.56 Å². The summed E-state index contributed by atoms with van der Waals surface area (Å²) in [4.78, 5) is 18.7. The smallest absolute Gasteiger partial charge is 0.251 e. The zero-order valence-electron chi connectivity index (χ0n) is 17.0. The average molecular weight is 424 g/mol. The zero-order chi connectivity index (χ0) is 20.9. The highest BCUT2D eigenvalue weighted by Gasteiger charge is 2.31. The second kappa shape index (κ2) is 9.41. The zero-order valence-corrected chi connectivity index (χ0v) is 17.8. The number of nitrogens with zero attached hydrogens (tertiary/aromatic N) is 2. The number of hydrogen-bond acceptors (Lipinski definition) is 4. The Bertz CT molecular complexity index is 938. The third kappa shape index (κ3) is 4.71. The van der Waals surface area contributed by atoms with Crippen molar-refractivity contribution in [2.75, 3.05) is 31.1 Å². The molecule has 0 aliphatic carbocycles. The van der Waals surface area contributed by atoms with Gasteiger partial charge in [-0.3, -0.25) is 9.69 Å². The maximum atomic E-state index is 13.2. The lowest BCUT2D eigenvalue weighted by molar-refractivity contribution is 0.0890. The fourth-order valence-electron chi connectivity index (χ4n) is 4.07. The predicted octanol–water partition coefficient (Wildman–Crippen LogP) is 4.57. The van der Waals surface area contributed by atoms with Crippen molar-refractivity contribution in [1.82, 2.24) is 10.2 Å². The van der Waals surface area contributed by atoms with Gasteiger partial charge in [-0.05, 0) is 54.8 Å². The van der Waals surface area contributed by atoms with E-state index in [9.17, 15) is 9.18 Å². The highest BCUT2D eigenvalue weighted by molar-refractivity contribution is 7.10. The SMILES string of the molecule is C[C@H](NC(=O)c1ccccc1)[C@@H](c1cccs1)N1CCN(c2ccc(F)cc2)CC1. The highest BCUT2D eigenvalue weighted by atomic mass is 32.1. The van der Waals surface area contributed by atoms with E-state index in [1.54, 1.807) is 11.3 Å². The van der Waals surface area contributed by atoms with Gasteiger partial charge in [0, 0.05) is 48.3 Å². The normalized spacial score (nSPS) is 16.8. The second-order valence-corrected chi connectivity index (χ2v) is 8.57. The van der Waals surface area contributed by atoms with E-state index in [0.717, 1.165) is 31.9 Å². The number of nitrogens with one attached hydrogen (secondary N) is 1. The van der Waals surface area contributed by atoms with Gasteiger partial charge in [0.15, 0.2) is 0 Å². The maximum Gasteiger partial charge on any atom is 0.251 e. The summed E-state index contributed by atoms with van der Waals surface area (Å²) in [5.74, 6) is -0.257. The number of anilines is 1. The fraction of sp³-hybridized carbons (Fsp3) is 0.292. The van der Waals surface area contributed by atoms with Crippen LogP contribution in [0.25, 0.3) is 0 Å². The van der Waals surface area contributed by atoms with Crippen LogP contribution in [0.4, 0.5) is 10.1 Å². The van der Waals surface area contributed by atoms with E-state index in [4.69, 9.17) is 0 Å². The molecule has 0 saturated carbocycles. The van der Waals surface area contributed by atoms with Gasteiger partial charge >= 0.3 is 0 Å². The van der Waals surface area contributed by atoms with Crippen molar-refractivity contribution in [2.45, 2.75) is 19.0 Å². The predicted molar refractivity (Wildman–Crippen MR) is 121 cm³/mol. The van der Waals surface area contributed by atoms with Crippen LogP contribution in [0.2, 0.25) is 0 Å². The lowest BCUT2D eigenvalue weighted by Gasteiger charge is -2.42. The molecular weight excluding hydrogens is 397 g/mol. The van der Waals surface area contributed by atoms with Gasteiger partial charge in [-0.25, -0.2) is 4.39 Å². The molecular formula is C24H26FN3OS. The largest absolute Gasteiger partial charge is 0.369 e. The number of rotatable bonds is 6. The number of halogens is 1. The van der Waals surface area contributed by atoms with Crippen molar-refractivity contribution in [3.63, 3.8) is 0 Å². The third-order valence-electron chi connectivity index (χ3n) is 5.60. The summed E-state index contributed by atoms with van der Waals surface area (Å²) in [7, 11) is 0. The molecule has 30 heavy (non-hydrogen) atoms. The molecule has 2 atom stereocenters. The van der Waals surface area contributed by atoms with Gasteiger partial charge in [-0.2, -0.15) is 0 Å². The topological polar surface area (TPSA) is 35.6 Å². The molecule has 2 heterocycles. The molecule has 1 saturated heterocycles. The quantitative estimate of drug-likeness (QED) is 0.631. The minimum atomic E-state index is -0.210. The number of carbonyl (C=O) groups is 1. The molecule has 2 aromatic carbocycles. The molecule has 0 bridgehead atoms. The van der Waals surface area contributed by atoms with Crippen molar-refractivity contribution >= 4 is 22.9 Å². The Morgan fingerprint density at radius 2 is 1.67 bits per heavy atom. The monoisotopic (exact) mass is 423 g/mol. The second-order valence-electron chi connectivity index (χ2n) is 7.59. The molecule has 6 heteroatoms. The van der Waals surface area contributed by atoms with E-state index in [1.807, 2.05) is 42.5 Å². The van der Waals surface area contributed by atoms with Gasteiger partial charge in [0.2, 0.25) is 0 Å². The molecule has 0 spiro atoms. The van der Waals surface area contributed by atoms with E-state index in [-0.39, 0.29) is 23.8 Å². The first kappa shape index (κ1) is 20.6. The van der Waals surface area contributed by atoms with Gasteiger partial charge in [0.05, 0.1) is 6.04 Å². The van der Waals surface area contributed by atoms with Gasteiger partial charge in [0.1, 0.15) is 5.82 Å². The van der Waals surface area contributed by atoms with Crippen LogP contribution in [-0.4, -0.2) is 43.0 Å². The Kier molecular flexibility index (Phi) is 6.45. The van der Waals surface area contributed by atoms with Crippen LogP contribution in [0.1, 0.15) is 28.2 Å². The van der Waals surface area contributed by atoms with Crippen molar-refractivity contribution in [1.29, 1.82) is 0 Å². The molecule has 1 N–H and O–H groups in total. The molecule has 1 aliphatic heterocycles. The van der Waals surface area contributed by atoms with Crippen LogP contribution in [-0.2, 0) is 0 Å². The number of amides is 1. The molecule has 1 aromatic heterocycles. The molecule has 0 radical (unpaired) electrons. The number of carbonyl (C=O) groups excluding carboxylic acids is 1. The molecule has 3 aromatic rings. The summed E-state index contributed by atoms with van der Waals surface area (Å²) < 4.78 is 13.2. The van der Waals surface area contributed by atoms with Gasteiger partial charge in [-0.1, -0.05) is 24.3 Å². The first-order chi connectivity index (χ1) is 14.6. The lowest BCUT2D eigenvalue weighted by atomic mass is 10.0. The lowest BCUT2D eigenvalue weighted by Crippen LogP contribution is -2.52. The van der Waals surface area contributed by atoms with Gasteiger partial charge in [0.25, 0.3) is 5.91 Å². The Balaban J connectivity index is 1.45. The molecule has 1 amide bonds. The Labute approximate surface area is 180 Å². The molecule has 1 fully saturated rings. The molecule has 4 nitrogen and oxygen atoms in total. The number of thiophene rings is 1. The molecule has 156 valence electrons. The third-order valence-corrected chi connectivity index (χ3v) is 6.55. The van der Waals surface area contributed by atoms with Crippen LogP contribution in [0.3, 0.4) is 0 Å². The molecule has 0 unspecified atom stereocenters. The van der Waals surface area contributed by atoms with Crippen LogP contribution < -0.4 is 10.2 Å². The standard InChI is InChI=1S/C24H26FN3OS/c1-18(26-24(29)19-6-3-2-4-7-19)23(22-8-5-17-30-22)28-15-13-27(14-16-28)21-11-9-20(25)10-12-21/h2-12,17-18,23H,13-16H2,1H3,(H,26,29)/t18-,23-/m0/s1. The minimum Gasteiger partial charge on any atom is -0.369 e. The van der Waals surface area contributed by atoms with Crippen molar-refractivity contribution in [3.8, 4) is 0 Å². The van der Waals surface area contributed by atoms with E-state index < -0.39 is 0 Å². The van der Waals surface area contributed by atoms with Crippen molar-refractivity contribution < 1.29 is 9.18 Å². The van der Waals surface area contributed by atoms with Crippen LogP contribution in [0, 0.1) is 5.82 Å². The van der Waals surface area contributed by atoms with Crippen molar-refractivity contribution in [3.05, 3.63) is 88.4 Å². The summed E-state index contributed by atoms with van der Waals surface area (Å²) in [6, 6.07) is 20.3. The first-order valence-corrected chi connectivity index (χ1v) is 11.1. The number of benzene rings is 2. The van der Waals surface area contributed by atoms with E-state index >= 15 is 0 Å². The summed E-state index contributed by atoms with van der Waals surface area (Å²) in [5.41, 5.74) is 1.73. The maximum absolute atomic E-state index is 13.2. The van der Waals surface area contributed by atoms with E-state index in [2.05, 4.69) is 39.6 Å². The Morgan fingerprint density at radius 3 is 2.30 bits per heavy atom. The number of hydrogen-bond donors (Lipinski definition) is 1. The van der Waals surface area contributed by atoms with Crippen molar-refractivity contribution in [2.24, 2.45) is 0 Å².